The van der Waals surface area contributed by atoms with Crippen molar-refractivity contribution in [2.24, 2.45) is 58.2 Å². The highest BCUT2D eigenvalue weighted by atomic mass is 16.3. The molecule has 0 aromatic rings. The van der Waals surface area contributed by atoms with Crippen LogP contribution in [0.5, 0.6) is 0 Å². The first kappa shape index (κ1) is 23.1. The Kier molecular flexibility index (Phi) is 6.72. The summed E-state index contributed by atoms with van der Waals surface area (Å²) in [4.78, 5) is 0. The third kappa shape index (κ3) is 3.82. The van der Waals surface area contributed by atoms with E-state index in [1.807, 2.05) is 0 Å². The Balaban J connectivity index is 1.45. The molecule has 0 aromatic carbocycles. The minimum Gasteiger partial charge on any atom is -0.393 e. The summed E-state index contributed by atoms with van der Waals surface area (Å²) >= 11 is 0. The summed E-state index contributed by atoms with van der Waals surface area (Å²) in [6, 6.07) is 0. The number of aliphatic hydroxyl groups is 1. The molecule has 0 heterocycles. The first-order chi connectivity index (χ1) is 14.2. The van der Waals surface area contributed by atoms with Crippen molar-refractivity contribution < 1.29 is 5.11 Å². The Labute approximate surface area is 188 Å². The van der Waals surface area contributed by atoms with Crippen LogP contribution in [-0.4, -0.2) is 11.2 Å². The summed E-state index contributed by atoms with van der Waals surface area (Å²) in [5.41, 5.74) is 1.14. The van der Waals surface area contributed by atoms with Gasteiger partial charge in [-0.05, 0) is 122 Å². The molecule has 4 aliphatic rings. The van der Waals surface area contributed by atoms with Crippen molar-refractivity contribution in [1.29, 1.82) is 0 Å². The fraction of sp³-hybridized carbons (Fsp3) is 1.00. The highest BCUT2D eigenvalue weighted by Crippen LogP contribution is 2.68. The van der Waals surface area contributed by atoms with Crippen LogP contribution in [0.2, 0.25) is 0 Å². The summed E-state index contributed by atoms with van der Waals surface area (Å²) in [5.74, 6) is 7.34. The van der Waals surface area contributed by atoms with Crippen LogP contribution < -0.4 is 0 Å². The molecule has 4 fully saturated rings. The zero-order valence-electron chi connectivity index (χ0n) is 21.1. The monoisotopic (exact) mass is 416 g/mol. The lowest BCUT2D eigenvalue weighted by Crippen LogP contribution is -2.54. The fourth-order valence-electron chi connectivity index (χ4n) is 9.90. The van der Waals surface area contributed by atoms with E-state index < -0.39 is 0 Å². The fourth-order valence-corrected chi connectivity index (χ4v) is 9.90. The molecule has 30 heavy (non-hydrogen) atoms. The first-order valence-corrected chi connectivity index (χ1v) is 13.9. The molecule has 174 valence electrons. The maximum Gasteiger partial charge on any atom is 0.0543 e. The van der Waals surface area contributed by atoms with Crippen molar-refractivity contribution in [3.8, 4) is 0 Å². The molecule has 0 unspecified atom stereocenters. The molecule has 4 saturated carbocycles. The Morgan fingerprint density at radius 3 is 2.23 bits per heavy atom. The van der Waals surface area contributed by atoms with E-state index in [0.717, 1.165) is 60.2 Å². The van der Waals surface area contributed by atoms with Crippen molar-refractivity contribution in [3.63, 3.8) is 0 Å². The van der Waals surface area contributed by atoms with Crippen LogP contribution in [0.15, 0.2) is 0 Å². The second-order valence-electron chi connectivity index (χ2n) is 13.3. The lowest BCUT2D eigenvalue weighted by Gasteiger charge is -2.61. The van der Waals surface area contributed by atoms with E-state index in [1.165, 1.54) is 64.2 Å². The summed E-state index contributed by atoms with van der Waals surface area (Å²) in [6.45, 7) is 15.2. The van der Waals surface area contributed by atoms with Crippen LogP contribution in [0.1, 0.15) is 119 Å². The molecule has 0 radical (unpaired) electrons. The number of hydrogen-bond donors (Lipinski definition) is 1. The van der Waals surface area contributed by atoms with E-state index in [0.29, 0.717) is 10.8 Å². The average molecular weight is 417 g/mol. The van der Waals surface area contributed by atoms with Gasteiger partial charge in [-0.15, -0.1) is 0 Å². The van der Waals surface area contributed by atoms with Gasteiger partial charge in [-0.2, -0.15) is 0 Å². The molecule has 0 spiro atoms. The molecule has 4 rings (SSSR count). The van der Waals surface area contributed by atoms with Gasteiger partial charge in [-0.3, -0.25) is 0 Å². The summed E-state index contributed by atoms with van der Waals surface area (Å²) in [7, 11) is 0. The molecular weight excluding hydrogens is 364 g/mol. The van der Waals surface area contributed by atoms with Crippen LogP contribution in [0.3, 0.4) is 0 Å². The zero-order chi connectivity index (χ0) is 21.7. The van der Waals surface area contributed by atoms with Crippen molar-refractivity contribution in [3.05, 3.63) is 0 Å². The van der Waals surface area contributed by atoms with Gasteiger partial charge in [0.05, 0.1) is 6.10 Å². The Morgan fingerprint density at radius 2 is 1.53 bits per heavy atom. The largest absolute Gasteiger partial charge is 0.393 e. The molecule has 0 saturated heterocycles. The van der Waals surface area contributed by atoms with Gasteiger partial charge in [0.1, 0.15) is 0 Å². The van der Waals surface area contributed by atoms with Gasteiger partial charge >= 0.3 is 0 Å². The third-order valence-corrected chi connectivity index (χ3v) is 11.9. The SMILES string of the molecule is CC[C@@H](CC[C@H](C)[C@H]1CC[C@@H]2[C@@H]3CC[C@H]4C[C@H](O)CC[C@@]4(C)[C@H]3CC[C@@]21C)C(C)C. The Bertz CT molecular complexity index is 583. The van der Waals surface area contributed by atoms with E-state index in [4.69, 9.17) is 0 Å². The second-order valence-corrected chi connectivity index (χ2v) is 13.3. The van der Waals surface area contributed by atoms with Gasteiger partial charge in [-0.25, -0.2) is 0 Å². The average Bonchev–Trinajstić information content (AvgIpc) is 3.06. The van der Waals surface area contributed by atoms with Crippen molar-refractivity contribution >= 4 is 0 Å². The lowest BCUT2D eigenvalue weighted by molar-refractivity contribution is -0.129. The molecule has 0 bridgehead atoms. The topological polar surface area (TPSA) is 20.2 Å². The molecule has 10 atom stereocenters. The molecule has 0 amide bonds. The van der Waals surface area contributed by atoms with E-state index in [1.54, 1.807) is 0 Å². The molecule has 1 nitrogen and oxygen atoms in total. The molecule has 0 aliphatic heterocycles. The van der Waals surface area contributed by atoms with E-state index in [2.05, 4.69) is 41.5 Å². The Hall–Kier alpha value is -0.0400. The first-order valence-electron chi connectivity index (χ1n) is 13.9. The van der Waals surface area contributed by atoms with Gasteiger partial charge in [0, 0.05) is 0 Å². The van der Waals surface area contributed by atoms with Crippen LogP contribution in [0.4, 0.5) is 0 Å². The maximum atomic E-state index is 10.3. The number of hydrogen-bond acceptors (Lipinski definition) is 1. The van der Waals surface area contributed by atoms with Gasteiger partial charge in [0.2, 0.25) is 0 Å². The van der Waals surface area contributed by atoms with Gasteiger partial charge < -0.3 is 5.11 Å². The minimum atomic E-state index is -0.0111. The molecule has 1 N–H and O–H groups in total. The smallest absolute Gasteiger partial charge is 0.0543 e. The molecule has 1 heteroatoms. The Morgan fingerprint density at radius 1 is 0.833 bits per heavy atom. The summed E-state index contributed by atoms with van der Waals surface area (Å²) < 4.78 is 0. The zero-order valence-corrected chi connectivity index (χ0v) is 21.1. The van der Waals surface area contributed by atoms with E-state index in [-0.39, 0.29) is 6.10 Å². The number of aliphatic hydroxyl groups excluding tert-OH is 1. The van der Waals surface area contributed by atoms with Gasteiger partial charge in [0.25, 0.3) is 0 Å². The van der Waals surface area contributed by atoms with Crippen molar-refractivity contribution in [1.82, 2.24) is 0 Å². The highest BCUT2D eigenvalue weighted by Gasteiger charge is 2.60. The predicted molar refractivity (Wildman–Crippen MR) is 128 cm³/mol. The maximum absolute atomic E-state index is 10.3. The normalized spacial score (nSPS) is 48.0. The molecule has 4 aliphatic carbocycles. The summed E-state index contributed by atoms with van der Waals surface area (Å²) in [5, 5.41) is 10.3. The molecular formula is C29H52O. The minimum absolute atomic E-state index is 0.0111. The predicted octanol–water partition coefficient (Wildman–Crippen LogP) is 8.10. The number of rotatable bonds is 6. The van der Waals surface area contributed by atoms with Crippen LogP contribution in [-0.2, 0) is 0 Å². The summed E-state index contributed by atoms with van der Waals surface area (Å²) in [6.07, 6.45) is 16.5. The van der Waals surface area contributed by atoms with Crippen LogP contribution in [0.25, 0.3) is 0 Å². The molecule has 0 aromatic heterocycles. The lowest BCUT2D eigenvalue weighted by atomic mass is 9.44. The van der Waals surface area contributed by atoms with Gasteiger partial charge in [-0.1, -0.05) is 54.4 Å². The van der Waals surface area contributed by atoms with Gasteiger partial charge in [0.15, 0.2) is 0 Å². The van der Waals surface area contributed by atoms with Crippen molar-refractivity contribution in [2.45, 2.75) is 125 Å². The quantitative estimate of drug-likeness (QED) is 0.463. The standard InChI is InChI=1S/C29H52O/c1-7-21(19(2)3)9-8-20(4)25-12-13-26-24-11-10-22-18-23(30)14-16-28(22,5)27(24)15-17-29(25,26)6/h19-27,30H,7-18H2,1-6H3/t20-,21-,22-,23+,24-,25+,26+,27-,28+,29+/m0/s1. The third-order valence-electron chi connectivity index (χ3n) is 11.9. The van der Waals surface area contributed by atoms with E-state index in [9.17, 15) is 5.11 Å². The second kappa shape index (κ2) is 8.72. The highest BCUT2D eigenvalue weighted by molar-refractivity contribution is 5.09. The van der Waals surface area contributed by atoms with Crippen LogP contribution >= 0.6 is 0 Å². The van der Waals surface area contributed by atoms with E-state index >= 15 is 0 Å². The van der Waals surface area contributed by atoms with Crippen molar-refractivity contribution in [2.75, 3.05) is 0 Å². The number of fused-ring (bicyclic) bond motifs is 5. The van der Waals surface area contributed by atoms with Crippen LogP contribution in [0, 0.1) is 58.2 Å².